The molecular formula is C24H25FN2. The molecule has 0 unspecified atom stereocenters. The summed E-state index contributed by atoms with van der Waals surface area (Å²) in [5.41, 5.74) is 9.58. The van der Waals surface area contributed by atoms with Gasteiger partial charge in [-0.05, 0) is 74.2 Å². The number of allylic oxidation sites excluding steroid dienone is 2. The van der Waals surface area contributed by atoms with Gasteiger partial charge in [0.05, 0.1) is 5.52 Å². The van der Waals surface area contributed by atoms with Crippen LogP contribution < -0.4 is 0 Å². The van der Waals surface area contributed by atoms with Crippen molar-refractivity contribution in [1.29, 1.82) is 0 Å². The average molecular weight is 360 g/mol. The molecule has 1 aromatic heterocycles. The van der Waals surface area contributed by atoms with Crippen LogP contribution in [-0.2, 0) is 13.0 Å². The van der Waals surface area contributed by atoms with Crippen molar-refractivity contribution in [1.82, 2.24) is 9.47 Å². The molecule has 27 heavy (non-hydrogen) atoms. The van der Waals surface area contributed by atoms with Crippen molar-refractivity contribution >= 4 is 22.2 Å². The zero-order valence-corrected chi connectivity index (χ0v) is 16.1. The van der Waals surface area contributed by atoms with Crippen LogP contribution >= 0.6 is 0 Å². The number of hydrogen-bond donors (Lipinski definition) is 0. The van der Waals surface area contributed by atoms with Crippen LogP contribution in [0.3, 0.4) is 0 Å². The highest BCUT2D eigenvalue weighted by Crippen LogP contribution is 2.42. The van der Waals surface area contributed by atoms with Crippen LogP contribution in [-0.4, -0.2) is 23.1 Å². The highest BCUT2D eigenvalue weighted by Gasteiger charge is 2.27. The molecule has 2 heterocycles. The van der Waals surface area contributed by atoms with Crippen LogP contribution in [0.25, 0.3) is 22.2 Å². The van der Waals surface area contributed by atoms with Crippen LogP contribution in [0.4, 0.5) is 4.39 Å². The van der Waals surface area contributed by atoms with Crippen molar-refractivity contribution in [2.45, 2.75) is 39.2 Å². The van der Waals surface area contributed by atoms with Crippen LogP contribution in [0.2, 0.25) is 0 Å². The Hall–Kier alpha value is -2.39. The van der Waals surface area contributed by atoms with Gasteiger partial charge in [0.15, 0.2) is 0 Å². The number of likely N-dealkylation sites (N-methyl/N-ethyl adjacent to an activating group) is 1. The van der Waals surface area contributed by atoms with E-state index < -0.39 is 0 Å². The summed E-state index contributed by atoms with van der Waals surface area (Å²) in [5, 5.41) is 1.40. The SMILES string of the molecule is Cc1ccc2c(c1)c1c(n2C2=C(c3ccc(F)cc3)CCC2)CCN(C)C1. The predicted octanol–water partition coefficient (Wildman–Crippen LogP) is 5.63. The minimum atomic E-state index is -0.166. The maximum atomic E-state index is 13.4. The molecule has 1 aliphatic heterocycles. The second-order valence-corrected chi connectivity index (χ2v) is 8.05. The topological polar surface area (TPSA) is 8.17 Å². The predicted molar refractivity (Wildman–Crippen MR) is 110 cm³/mol. The summed E-state index contributed by atoms with van der Waals surface area (Å²) in [4.78, 5) is 2.42. The number of nitrogens with zero attached hydrogens (tertiary/aromatic N) is 2. The van der Waals surface area contributed by atoms with Gasteiger partial charge in [-0.1, -0.05) is 23.8 Å². The van der Waals surface area contributed by atoms with E-state index in [1.165, 1.54) is 51.0 Å². The zero-order chi connectivity index (χ0) is 18.5. The fourth-order valence-electron chi connectivity index (χ4n) is 4.85. The number of aryl methyl sites for hydroxylation is 1. The van der Waals surface area contributed by atoms with E-state index in [4.69, 9.17) is 0 Å². The fraction of sp³-hybridized carbons (Fsp3) is 0.333. The summed E-state index contributed by atoms with van der Waals surface area (Å²) in [6.07, 6.45) is 4.41. The number of halogens is 1. The summed E-state index contributed by atoms with van der Waals surface area (Å²) in [6, 6.07) is 13.9. The highest BCUT2D eigenvalue weighted by molar-refractivity contribution is 5.95. The van der Waals surface area contributed by atoms with E-state index in [0.717, 1.165) is 32.4 Å². The molecule has 138 valence electrons. The molecule has 0 saturated carbocycles. The van der Waals surface area contributed by atoms with Gasteiger partial charge in [0.2, 0.25) is 0 Å². The molecular weight excluding hydrogens is 335 g/mol. The molecule has 3 heteroatoms. The summed E-state index contributed by atoms with van der Waals surface area (Å²) < 4.78 is 16.0. The standard InChI is InChI=1S/C24H25FN2/c1-16-6-11-23-20(14-16)21-15-26(2)13-12-24(21)27(23)22-5-3-4-19(22)17-7-9-18(25)10-8-17/h6-11,14H,3-5,12-13,15H2,1-2H3. The summed E-state index contributed by atoms with van der Waals surface area (Å²) in [6.45, 7) is 4.29. The maximum absolute atomic E-state index is 13.4. The molecule has 1 aliphatic carbocycles. The lowest BCUT2D eigenvalue weighted by Gasteiger charge is -2.25. The van der Waals surface area contributed by atoms with Gasteiger partial charge in [-0.2, -0.15) is 0 Å². The number of rotatable bonds is 2. The quantitative estimate of drug-likeness (QED) is 0.575. The van der Waals surface area contributed by atoms with Gasteiger partial charge in [0.25, 0.3) is 0 Å². The molecule has 0 atom stereocenters. The van der Waals surface area contributed by atoms with E-state index in [-0.39, 0.29) is 5.82 Å². The van der Waals surface area contributed by atoms with Gasteiger partial charge >= 0.3 is 0 Å². The van der Waals surface area contributed by atoms with E-state index in [1.54, 1.807) is 12.1 Å². The fourth-order valence-corrected chi connectivity index (χ4v) is 4.85. The molecule has 2 aromatic carbocycles. The lowest BCUT2D eigenvalue weighted by atomic mass is 10.0. The third-order valence-electron chi connectivity index (χ3n) is 6.15. The second-order valence-electron chi connectivity index (χ2n) is 8.05. The van der Waals surface area contributed by atoms with Gasteiger partial charge in [-0.25, -0.2) is 4.39 Å². The first-order valence-electron chi connectivity index (χ1n) is 9.91. The maximum Gasteiger partial charge on any atom is 0.123 e. The van der Waals surface area contributed by atoms with E-state index >= 15 is 0 Å². The van der Waals surface area contributed by atoms with Crippen molar-refractivity contribution < 1.29 is 4.39 Å². The molecule has 0 radical (unpaired) electrons. The molecule has 2 aliphatic rings. The largest absolute Gasteiger partial charge is 0.317 e. The monoisotopic (exact) mass is 360 g/mol. The van der Waals surface area contributed by atoms with Gasteiger partial charge in [0.1, 0.15) is 5.82 Å². The Labute approximate surface area is 159 Å². The number of hydrogen-bond acceptors (Lipinski definition) is 1. The highest BCUT2D eigenvalue weighted by atomic mass is 19.1. The Morgan fingerprint density at radius 3 is 2.59 bits per heavy atom. The Kier molecular flexibility index (Phi) is 3.94. The summed E-state index contributed by atoms with van der Waals surface area (Å²) in [7, 11) is 2.21. The van der Waals surface area contributed by atoms with E-state index in [2.05, 4.69) is 41.6 Å². The number of aromatic nitrogens is 1. The third-order valence-corrected chi connectivity index (χ3v) is 6.15. The summed E-state index contributed by atoms with van der Waals surface area (Å²) >= 11 is 0. The van der Waals surface area contributed by atoms with Gasteiger partial charge in [0, 0.05) is 36.3 Å². The third kappa shape index (κ3) is 2.72. The zero-order valence-electron chi connectivity index (χ0n) is 16.1. The molecule has 0 fully saturated rings. The lowest BCUT2D eigenvalue weighted by Crippen LogP contribution is -2.27. The van der Waals surface area contributed by atoms with Crippen molar-refractivity contribution in [3.05, 3.63) is 70.7 Å². The smallest absolute Gasteiger partial charge is 0.123 e. The average Bonchev–Trinajstić information content (AvgIpc) is 3.24. The van der Waals surface area contributed by atoms with Crippen molar-refractivity contribution in [2.24, 2.45) is 0 Å². The molecule has 0 saturated heterocycles. The second kappa shape index (κ2) is 6.35. The van der Waals surface area contributed by atoms with E-state index in [1.807, 2.05) is 12.1 Å². The van der Waals surface area contributed by atoms with Crippen molar-refractivity contribution in [3.63, 3.8) is 0 Å². The van der Waals surface area contributed by atoms with Crippen molar-refractivity contribution in [3.8, 4) is 0 Å². The van der Waals surface area contributed by atoms with Crippen LogP contribution in [0, 0.1) is 12.7 Å². The van der Waals surface area contributed by atoms with E-state index in [9.17, 15) is 4.39 Å². The minimum absolute atomic E-state index is 0.166. The molecule has 0 N–H and O–H groups in total. The number of fused-ring (bicyclic) bond motifs is 3. The molecule has 0 amide bonds. The molecule has 5 rings (SSSR count). The van der Waals surface area contributed by atoms with Gasteiger partial charge in [-0.15, -0.1) is 0 Å². The van der Waals surface area contributed by atoms with Crippen LogP contribution in [0.1, 0.15) is 41.6 Å². The number of benzene rings is 2. The first-order valence-corrected chi connectivity index (χ1v) is 9.91. The van der Waals surface area contributed by atoms with Crippen molar-refractivity contribution in [2.75, 3.05) is 13.6 Å². The van der Waals surface area contributed by atoms with E-state index in [0.29, 0.717) is 0 Å². The lowest BCUT2D eigenvalue weighted by molar-refractivity contribution is 0.311. The Morgan fingerprint density at radius 1 is 0.963 bits per heavy atom. The summed E-state index contributed by atoms with van der Waals surface area (Å²) in [5.74, 6) is -0.166. The minimum Gasteiger partial charge on any atom is -0.317 e. The van der Waals surface area contributed by atoms with Gasteiger partial charge < -0.3 is 9.47 Å². The van der Waals surface area contributed by atoms with Crippen LogP contribution in [0.5, 0.6) is 0 Å². The van der Waals surface area contributed by atoms with Crippen LogP contribution in [0.15, 0.2) is 42.5 Å². The Balaban J connectivity index is 1.77. The first-order chi connectivity index (χ1) is 13.1. The Bertz CT molecular complexity index is 1060. The van der Waals surface area contributed by atoms with Gasteiger partial charge in [-0.3, -0.25) is 0 Å². The molecule has 0 spiro atoms. The first kappa shape index (κ1) is 16.8. The molecule has 2 nitrogen and oxygen atoms in total. The molecule has 0 bridgehead atoms. The molecule has 3 aromatic rings. The Morgan fingerprint density at radius 2 is 1.78 bits per heavy atom. The normalized spacial score (nSPS) is 17.7.